The molecule has 2 atom stereocenters. The predicted octanol–water partition coefficient (Wildman–Crippen LogP) is 0.793. The highest BCUT2D eigenvalue weighted by Gasteiger charge is 2.33. The average Bonchev–Trinajstić information content (AvgIpc) is 2.32. The minimum absolute atomic E-state index is 0.403. The van der Waals surface area contributed by atoms with Crippen molar-refractivity contribution in [3.05, 3.63) is 0 Å². The van der Waals surface area contributed by atoms with E-state index in [-0.39, 0.29) is 0 Å². The molecule has 0 saturated carbocycles. The summed E-state index contributed by atoms with van der Waals surface area (Å²) < 4.78 is 0. The molecule has 4 N–H and O–H groups in total. The van der Waals surface area contributed by atoms with Gasteiger partial charge in [0.25, 0.3) is 0 Å². The molecular formula is C16H28N2O6. The van der Waals surface area contributed by atoms with Crippen LogP contribution >= 0.6 is 0 Å². The molecule has 0 radical (unpaired) electrons. The Bertz CT molecular complexity index is 502. The first-order chi connectivity index (χ1) is 10.6. The molecule has 0 aliphatic carbocycles. The first-order valence-electron chi connectivity index (χ1n) is 7.69. The van der Waals surface area contributed by atoms with Gasteiger partial charge in [0, 0.05) is 11.0 Å². The van der Waals surface area contributed by atoms with Crippen molar-refractivity contribution < 1.29 is 29.4 Å². The molecule has 0 fully saturated rings. The van der Waals surface area contributed by atoms with Gasteiger partial charge in [0.1, 0.15) is 6.04 Å². The molecule has 0 bridgehead atoms. The molecule has 0 heterocycles. The zero-order chi connectivity index (χ0) is 19.3. The van der Waals surface area contributed by atoms with Gasteiger partial charge >= 0.3 is 11.9 Å². The van der Waals surface area contributed by atoms with Crippen molar-refractivity contribution in [1.82, 2.24) is 10.6 Å². The summed E-state index contributed by atoms with van der Waals surface area (Å²) in [5.41, 5.74) is -1.35. The van der Waals surface area contributed by atoms with E-state index >= 15 is 0 Å². The number of carbonyl (C=O) groups is 4. The molecule has 138 valence electrons. The molecule has 8 heteroatoms. The Kier molecular flexibility index (Phi) is 7.56. The van der Waals surface area contributed by atoms with E-state index in [0.29, 0.717) is 0 Å². The van der Waals surface area contributed by atoms with Crippen molar-refractivity contribution in [1.29, 1.82) is 0 Å². The topological polar surface area (TPSA) is 133 Å². The molecule has 8 nitrogen and oxygen atoms in total. The fraction of sp³-hybridized carbons (Fsp3) is 0.750. The van der Waals surface area contributed by atoms with Gasteiger partial charge < -0.3 is 15.5 Å². The van der Waals surface area contributed by atoms with Gasteiger partial charge in [0.05, 0.1) is 18.9 Å². The molecule has 0 spiro atoms. The Labute approximate surface area is 142 Å². The molecule has 2 unspecified atom stereocenters. The zero-order valence-corrected chi connectivity index (χ0v) is 15.1. The molecule has 0 aliphatic rings. The summed E-state index contributed by atoms with van der Waals surface area (Å²) in [4.78, 5) is 46.6. The lowest BCUT2D eigenvalue weighted by Gasteiger charge is -2.27. The van der Waals surface area contributed by atoms with Gasteiger partial charge in [-0.25, -0.2) is 0 Å². The Morgan fingerprint density at radius 1 is 0.875 bits per heavy atom. The van der Waals surface area contributed by atoms with Crippen molar-refractivity contribution in [2.75, 3.05) is 0 Å². The highest BCUT2D eigenvalue weighted by Crippen LogP contribution is 2.18. The highest BCUT2D eigenvalue weighted by atomic mass is 16.4. The van der Waals surface area contributed by atoms with Gasteiger partial charge in [0.15, 0.2) is 5.78 Å². The Balaban J connectivity index is 5.07. The molecule has 1 amide bonds. The van der Waals surface area contributed by atoms with Crippen LogP contribution in [0.5, 0.6) is 0 Å². The minimum Gasteiger partial charge on any atom is -0.481 e. The Morgan fingerprint density at radius 3 is 1.71 bits per heavy atom. The number of rotatable bonds is 8. The zero-order valence-electron chi connectivity index (χ0n) is 15.1. The van der Waals surface area contributed by atoms with Crippen molar-refractivity contribution in [3.63, 3.8) is 0 Å². The lowest BCUT2D eigenvalue weighted by Crippen LogP contribution is -2.52. The first-order valence-corrected chi connectivity index (χ1v) is 7.69. The van der Waals surface area contributed by atoms with E-state index in [9.17, 15) is 24.3 Å². The van der Waals surface area contributed by atoms with E-state index in [4.69, 9.17) is 5.11 Å². The maximum absolute atomic E-state index is 12.3. The van der Waals surface area contributed by atoms with E-state index in [2.05, 4.69) is 10.6 Å². The largest absolute Gasteiger partial charge is 0.481 e. The van der Waals surface area contributed by atoms with Crippen molar-refractivity contribution in [2.24, 2.45) is 5.41 Å². The van der Waals surface area contributed by atoms with Crippen molar-refractivity contribution in [3.8, 4) is 0 Å². The smallest absolute Gasteiger partial charge is 0.321 e. The van der Waals surface area contributed by atoms with Crippen LogP contribution in [0.15, 0.2) is 0 Å². The van der Waals surface area contributed by atoms with Gasteiger partial charge in [-0.1, -0.05) is 20.8 Å². The minimum atomic E-state index is -1.22. The number of hydrogen-bond donors (Lipinski definition) is 4. The molecule has 0 rings (SSSR count). The summed E-state index contributed by atoms with van der Waals surface area (Å²) in [6.07, 6.45) is -0.952. The quantitative estimate of drug-likeness (QED) is 0.511. The molecule has 0 aromatic heterocycles. The van der Waals surface area contributed by atoms with Crippen LogP contribution in [0.25, 0.3) is 0 Å². The third-order valence-electron chi connectivity index (χ3n) is 3.06. The number of aliphatic carboxylic acids is 2. The maximum atomic E-state index is 12.3. The number of ketones is 1. The number of nitrogens with one attached hydrogen (secondary N) is 2. The summed E-state index contributed by atoms with van der Waals surface area (Å²) >= 11 is 0. The van der Waals surface area contributed by atoms with Gasteiger partial charge in [-0.05, 0) is 20.8 Å². The fourth-order valence-corrected chi connectivity index (χ4v) is 2.07. The number of hydrogen-bond acceptors (Lipinski definition) is 5. The summed E-state index contributed by atoms with van der Waals surface area (Å²) in [6, 6.07) is -2.33. The van der Waals surface area contributed by atoms with E-state index < -0.39 is 59.5 Å². The standard InChI is InChI=1S/C16H28N2O6/c1-15(2,3)13(22)9(8-12(20)21)17-11(19)7-10(14(23)24)18-16(4,5)6/h9-10,18H,7-8H2,1-6H3,(H,17,19)(H,20,21)(H,23,24). The lowest BCUT2D eigenvalue weighted by atomic mass is 9.85. The summed E-state index contributed by atoms with van der Waals surface area (Å²) in [5.74, 6) is -3.53. The van der Waals surface area contributed by atoms with E-state index in [0.717, 1.165) is 0 Å². The molecule has 0 saturated heterocycles. The van der Waals surface area contributed by atoms with Crippen LogP contribution in [0.2, 0.25) is 0 Å². The normalized spacial score (nSPS) is 14.6. The first kappa shape index (κ1) is 22.0. The van der Waals surface area contributed by atoms with E-state index in [1.54, 1.807) is 41.5 Å². The maximum Gasteiger partial charge on any atom is 0.321 e. The number of carboxylic acid groups (broad SMARTS) is 2. The summed E-state index contributed by atoms with van der Waals surface area (Å²) in [6.45, 7) is 10.2. The molecule has 0 aliphatic heterocycles. The number of Topliss-reactive ketones (excluding diaryl/α,β-unsaturated/α-hetero) is 1. The van der Waals surface area contributed by atoms with E-state index in [1.807, 2.05) is 0 Å². The second kappa shape index (κ2) is 8.23. The van der Waals surface area contributed by atoms with Crippen LogP contribution in [0.4, 0.5) is 0 Å². The van der Waals surface area contributed by atoms with Gasteiger partial charge in [-0.15, -0.1) is 0 Å². The summed E-state index contributed by atoms with van der Waals surface area (Å²) in [7, 11) is 0. The van der Waals surface area contributed by atoms with Crippen LogP contribution in [0.1, 0.15) is 54.4 Å². The number of carbonyl (C=O) groups excluding carboxylic acids is 2. The number of carboxylic acids is 2. The SMILES string of the molecule is CC(C)(C)NC(CC(=O)NC(CC(=O)O)C(=O)C(C)(C)C)C(=O)O. The van der Waals surface area contributed by atoms with Crippen LogP contribution in [-0.2, 0) is 19.2 Å². The third-order valence-corrected chi connectivity index (χ3v) is 3.06. The van der Waals surface area contributed by atoms with Crippen LogP contribution in [0, 0.1) is 5.41 Å². The van der Waals surface area contributed by atoms with Crippen LogP contribution in [-0.4, -0.2) is 51.5 Å². The monoisotopic (exact) mass is 344 g/mol. The third kappa shape index (κ3) is 8.61. The lowest BCUT2D eigenvalue weighted by molar-refractivity contribution is -0.144. The second-order valence-corrected chi connectivity index (χ2v) is 7.82. The van der Waals surface area contributed by atoms with E-state index in [1.165, 1.54) is 0 Å². The van der Waals surface area contributed by atoms with Crippen LogP contribution in [0.3, 0.4) is 0 Å². The van der Waals surface area contributed by atoms with Gasteiger partial charge in [0.2, 0.25) is 5.91 Å². The Hall–Kier alpha value is -1.96. The van der Waals surface area contributed by atoms with Crippen molar-refractivity contribution >= 4 is 23.6 Å². The number of amides is 1. The predicted molar refractivity (Wildman–Crippen MR) is 87.6 cm³/mol. The molecular weight excluding hydrogens is 316 g/mol. The fourth-order valence-electron chi connectivity index (χ4n) is 2.07. The van der Waals surface area contributed by atoms with Gasteiger partial charge in [-0.3, -0.25) is 24.5 Å². The molecule has 24 heavy (non-hydrogen) atoms. The van der Waals surface area contributed by atoms with Crippen molar-refractivity contribution in [2.45, 2.75) is 72.0 Å². The van der Waals surface area contributed by atoms with Gasteiger partial charge in [-0.2, -0.15) is 0 Å². The second-order valence-electron chi connectivity index (χ2n) is 7.82. The summed E-state index contributed by atoms with van der Waals surface area (Å²) in [5, 5.41) is 23.3. The molecule has 0 aromatic carbocycles. The average molecular weight is 344 g/mol. The Morgan fingerprint density at radius 2 is 1.38 bits per heavy atom. The van der Waals surface area contributed by atoms with Crippen LogP contribution < -0.4 is 10.6 Å². The molecule has 0 aromatic rings. The highest BCUT2D eigenvalue weighted by molar-refractivity contribution is 5.95.